The van der Waals surface area contributed by atoms with Gasteiger partial charge in [-0.1, -0.05) is 0 Å². The Kier molecular flexibility index (Phi) is 4.07. The molecule has 0 aliphatic carbocycles. The van der Waals surface area contributed by atoms with Gasteiger partial charge < -0.3 is 15.0 Å². The number of hydrogen-bond acceptors (Lipinski definition) is 4. The van der Waals surface area contributed by atoms with Crippen molar-refractivity contribution < 1.29 is 17.9 Å². The molecular weight excluding hydrogens is 328 g/mol. The van der Waals surface area contributed by atoms with E-state index in [9.17, 15) is 13.2 Å². The third-order valence-corrected chi connectivity index (χ3v) is 6.47. The molecule has 3 rings (SSSR count). The zero-order valence-electron chi connectivity index (χ0n) is 14.0. The summed E-state index contributed by atoms with van der Waals surface area (Å²) in [4.78, 5) is 16.0. The zero-order chi connectivity index (χ0) is 17.5. The van der Waals surface area contributed by atoms with Crippen molar-refractivity contribution >= 4 is 26.6 Å². The molecule has 0 bridgehead atoms. The van der Waals surface area contributed by atoms with Crippen LogP contribution in [0.3, 0.4) is 0 Å². The molecule has 7 heteroatoms. The quantitative estimate of drug-likeness (QED) is 0.879. The predicted molar refractivity (Wildman–Crippen MR) is 93.1 cm³/mol. The lowest BCUT2D eigenvalue weighted by molar-refractivity contribution is -0.126. The fourth-order valence-electron chi connectivity index (χ4n) is 3.14. The monoisotopic (exact) mass is 350 g/mol. The lowest BCUT2D eigenvalue weighted by Crippen LogP contribution is -2.45. The molecule has 1 unspecified atom stereocenters. The van der Waals surface area contributed by atoms with Crippen LogP contribution in [0.15, 0.2) is 24.4 Å². The molecule has 0 saturated carbocycles. The summed E-state index contributed by atoms with van der Waals surface area (Å²) in [5, 5.41) is 3.82. The molecule has 2 N–H and O–H groups in total. The average molecular weight is 350 g/mol. The molecule has 1 amide bonds. The van der Waals surface area contributed by atoms with Gasteiger partial charge >= 0.3 is 0 Å². The molecule has 1 aliphatic rings. The highest BCUT2D eigenvalue weighted by atomic mass is 32.2. The highest BCUT2D eigenvalue weighted by Crippen LogP contribution is 2.33. The van der Waals surface area contributed by atoms with Crippen LogP contribution in [0.2, 0.25) is 0 Å². The number of H-pyrrole nitrogens is 1. The predicted octanol–water partition coefficient (Wildman–Crippen LogP) is 1.76. The summed E-state index contributed by atoms with van der Waals surface area (Å²) in [6.45, 7) is 3.68. The fraction of sp³-hybridized carbons (Fsp3) is 0.471. The van der Waals surface area contributed by atoms with Gasteiger partial charge in [0.25, 0.3) is 0 Å². The summed E-state index contributed by atoms with van der Waals surface area (Å²) in [5.74, 6) is 0.717. The van der Waals surface area contributed by atoms with E-state index < -0.39 is 15.3 Å². The Morgan fingerprint density at radius 1 is 1.38 bits per heavy atom. The molecule has 1 aromatic heterocycles. The van der Waals surface area contributed by atoms with Crippen LogP contribution in [0, 0.1) is 0 Å². The van der Waals surface area contributed by atoms with Gasteiger partial charge in [0.1, 0.15) is 5.75 Å². The number of aromatic amines is 1. The Morgan fingerprint density at radius 3 is 2.75 bits per heavy atom. The van der Waals surface area contributed by atoms with E-state index in [2.05, 4.69) is 10.3 Å². The lowest BCUT2D eigenvalue weighted by Gasteiger charge is -2.25. The minimum Gasteiger partial charge on any atom is -0.497 e. The number of aromatic nitrogens is 1. The van der Waals surface area contributed by atoms with E-state index in [4.69, 9.17) is 4.74 Å². The number of nitrogens with one attached hydrogen (secondary N) is 2. The molecule has 0 spiro atoms. The standard InChI is InChI=1S/C17H22N2O4S/c1-17(2,16(20)19-11-6-7-24(21,22)10-11)14-9-18-15-5-4-12(23-3)8-13(14)15/h4-5,8-9,11,18H,6-7,10H2,1-3H3,(H,19,20). The molecule has 1 aromatic carbocycles. The van der Waals surface area contributed by atoms with Crippen molar-refractivity contribution in [2.75, 3.05) is 18.6 Å². The van der Waals surface area contributed by atoms with Gasteiger partial charge in [0.2, 0.25) is 5.91 Å². The number of carbonyl (C=O) groups is 1. The summed E-state index contributed by atoms with van der Waals surface area (Å²) < 4.78 is 28.4. The number of amides is 1. The molecule has 1 fully saturated rings. The van der Waals surface area contributed by atoms with Gasteiger partial charge in [-0.3, -0.25) is 4.79 Å². The highest BCUT2D eigenvalue weighted by Gasteiger charge is 2.36. The van der Waals surface area contributed by atoms with Crippen molar-refractivity contribution in [2.45, 2.75) is 31.7 Å². The van der Waals surface area contributed by atoms with Crippen LogP contribution in [-0.2, 0) is 20.0 Å². The van der Waals surface area contributed by atoms with E-state index in [-0.39, 0.29) is 23.5 Å². The van der Waals surface area contributed by atoms with Crippen molar-refractivity contribution in [2.24, 2.45) is 0 Å². The van der Waals surface area contributed by atoms with Crippen molar-refractivity contribution in [3.05, 3.63) is 30.0 Å². The third-order valence-electron chi connectivity index (χ3n) is 4.70. The number of carbonyl (C=O) groups excluding carboxylic acids is 1. The molecule has 0 radical (unpaired) electrons. The minimum atomic E-state index is -3.02. The summed E-state index contributed by atoms with van der Waals surface area (Å²) in [6, 6.07) is 5.37. The number of rotatable bonds is 4. The van der Waals surface area contributed by atoms with Gasteiger partial charge in [0, 0.05) is 23.1 Å². The number of hydrogen-bond donors (Lipinski definition) is 2. The van der Waals surface area contributed by atoms with Crippen LogP contribution in [-0.4, -0.2) is 44.0 Å². The molecule has 24 heavy (non-hydrogen) atoms. The Morgan fingerprint density at radius 2 is 2.12 bits per heavy atom. The number of benzene rings is 1. The van der Waals surface area contributed by atoms with E-state index in [1.807, 2.05) is 38.2 Å². The molecule has 1 aliphatic heterocycles. The number of methoxy groups -OCH3 is 1. The Hall–Kier alpha value is -2.02. The molecule has 2 aromatic rings. The number of ether oxygens (including phenoxy) is 1. The van der Waals surface area contributed by atoms with Crippen molar-refractivity contribution in [3.8, 4) is 5.75 Å². The lowest BCUT2D eigenvalue weighted by atomic mass is 9.83. The Labute approximate surface area is 141 Å². The van der Waals surface area contributed by atoms with Gasteiger partial charge in [-0.05, 0) is 44.0 Å². The minimum absolute atomic E-state index is 0.0243. The first kappa shape index (κ1) is 16.8. The topological polar surface area (TPSA) is 88.3 Å². The van der Waals surface area contributed by atoms with E-state index in [0.717, 1.165) is 22.2 Å². The van der Waals surface area contributed by atoms with Crippen molar-refractivity contribution in [1.82, 2.24) is 10.3 Å². The van der Waals surface area contributed by atoms with Gasteiger partial charge in [-0.25, -0.2) is 8.42 Å². The first-order valence-electron chi connectivity index (χ1n) is 7.90. The second-order valence-electron chi connectivity index (χ2n) is 6.81. The zero-order valence-corrected chi connectivity index (χ0v) is 14.9. The van der Waals surface area contributed by atoms with Crippen LogP contribution in [0.5, 0.6) is 5.75 Å². The van der Waals surface area contributed by atoms with E-state index >= 15 is 0 Å². The summed E-state index contributed by atoms with van der Waals surface area (Å²) in [5.41, 5.74) is 0.988. The second kappa shape index (κ2) is 5.81. The molecule has 1 saturated heterocycles. The molecular formula is C17H22N2O4S. The highest BCUT2D eigenvalue weighted by molar-refractivity contribution is 7.91. The van der Waals surface area contributed by atoms with Crippen LogP contribution < -0.4 is 10.1 Å². The van der Waals surface area contributed by atoms with Gasteiger partial charge in [0.15, 0.2) is 9.84 Å². The largest absolute Gasteiger partial charge is 0.497 e. The third kappa shape index (κ3) is 3.00. The summed E-state index contributed by atoms with van der Waals surface area (Å²) >= 11 is 0. The summed E-state index contributed by atoms with van der Waals surface area (Å²) in [6.07, 6.45) is 2.31. The van der Waals surface area contributed by atoms with E-state index in [1.54, 1.807) is 7.11 Å². The van der Waals surface area contributed by atoms with Crippen molar-refractivity contribution in [3.63, 3.8) is 0 Å². The first-order chi connectivity index (χ1) is 11.2. The van der Waals surface area contributed by atoms with Gasteiger partial charge in [-0.15, -0.1) is 0 Å². The number of sulfone groups is 1. The Bertz CT molecular complexity index is 883. The maximum atomic E-state index is 12.8. The van der Waals surface area contributed by atoms with Crippen molar-refractivity contribution in [1.29, 1.82) is 0 Å². The van der Waals surface area contributed by atoms with Crippen LogP contribution in [0.25, 0.3) is 10.9 Å². The molecule has 6 nitrogen and oxygen atoms in total. The number of fused-ring (bicyclic) bond motifs is 1. The Balaban J connectivity index is 1.88. The fourth-order valence-corrected chi connectivity index (χ4v) is 4.81. The molecule has 1 atom stereocenters. The molecule has 2 heterocycles. The van der Waals surface area contributed by atoms with Gasteiger partial charge in [-0.2, -0.15) is 0 Å². The first-order valence-corrected chi connectivity index (χ1v) is 9.72. The second-order valence-corrected chi connectivity index (χ2v) is 9.04. The normalized spacial score (nSPS) is 20.2. The van der Waals surface area contributed by atoms with Crippen LogP contribution >= 0.6 is 0 Å². The SMILES string of the molecule is COc1ccc2[nH]cc(C(C)(C)C(=O)NC3CCS(=O)(=O)C3)c2c1. The average Bonchev–Trinajstić information content (AvgIpc) is 3.09. The van der Waals surface area contributed by atoms with Crippen LogP contribution in [0.1, 0.15) is 25.8 Å². The summed E-state index contributed by atoms with van der Waals surface area (Å²) in [7, 11) is -1.42. The van der Waals surface area contributed by atoms with E-state index in [1.165, 1.54) is 0 Å². The smallest absolute Gasteiger partial charge is 0.230 e. The van der Waals surface area contributed by atoms with Crippen LogP contribution in [0.4, 0.5) is 0 Å². The molecule has 130 valence electrons. The van der Waals surface area contributed by atoms with E-state index in [0.29, 0.717) is 6.42 Å². The maximum Gasteiger partial charge on any atom is 0.230 e. The maximum absolute atomic E-state index is 12.8. The van der Waals surface area contributed by atoms with Gasteiger partial charge in [0.05, 0.1) is 24.0 Å².